The summed E-state index contributed by atoms with van der Waals surface area (Å²) in [7, 11) is 0. The van der Waals surface area contributed by atoms with E-state index in [9.17, 15) is 9.90 Å². The molecule has 0 unspecified atom stereocenters. The van der Waals surface area contributed by atoms with Crippen molar-refractivity contribution in [1.29, 1.82) is 0 Å². The Kier molecular flexibility index (Phi) is 5.84. The summed E-state index contributed by atoms with van der Waals surface area (Å²) in [5.41, 5.74) is 4.16. The maximum Gasteiger partial charge on any atom is 0.251 e. The number of nitrogens with one attached hydrogen (secondary N) is 2. The summed E-state index contributed by atoms with van der Waals surface area (Å²) < 4.78 is 0. The normalized spacial score (nSPS) is 16.4. The summed E-state index contributed by atoms with van der Waals surface area (Å²) in [5.74, 6) is -0.0761. The molecule has 0 fully saturated rings. The molecule has 1 heterocycles. The van der Waals surface area contributed by atoms with Crippen molar-refractivity contribution in [2.75, 3.05) is 13.1 Å². The molecule has 0 saturated heterocycles. The lowest BCUT2D eigenvalue weighted by Gasteiger charge is -2.18. The van der Waals surface area contributed by atoms with Crippen molar-refractivity contribution >= 4 is 5.91 Å². The van der Waals surface area contributed by atoms with Crippen LogP contribution in [0.25, 0.3) is 0 Å². The molecule has 0 radical (unpaired) electrons. The van der Waals surface area contributed by atoms with Crippen molar-refractivity contribution in [3.05, 3.63) is 70.8 Å². The maximum atomic E-state index is 12.5. The van der Waals surface area contributed by atoms with Gasteiger partial charge in [0.1, 0.15) is 0 Å². The summed E-state index contributed by atoms with van der Waals surface area (Å²) in [6.07, 6.45) is 1.88. The average molecular weight is 338 g/mol. The zero-order valence-corrected chi connectivity index (χ0v) is 14.7. The van der Waals surface area contributed by atoms with Crippen molar-refractivity contribution in [1.82, 2.24) is 10.6 Å². The SMILES string of the molecule is C[C@H](C[C@@H](O)c1ccccc1)NC(=O)c1ccc2c(c1)CCNCC2. The first-order valence-corrected chi connectivity index (χ1v) is 9.00. The smallest absolute Gasteiger partial charge is 0.251 e. The van der Waals surface area contributed by atoms with Crippen LogP contribution >= 0.6 is 0 Å². The third-order valence-electron chi connectivity index (χ3n) is 4.75. The van der Waals surface area contributed by atoms with Gasteiger partial charge in [0.25, 0.3) is 5.91 Å². The number of hydrogen-bond donors (Lipinski definition) is 3. The van der Waals surface area contributed by atoms with Gasteiger partial charge in [-0.1, -0.05) is 36.4 Å². The number of carbonyl (C=O) groups is 1. The van der Waals surface area contributed by atoms with E-state index in [1.807, 2.05) is 49.4 Å². The minimum absolute atomic E-state index is 0.0761. The lowest BCUT2D eigenvalue weighted by atomic mass is 9.99. The van der Waals surface area contributed by atoms with Gasteiger partial charge in [-0.2, -0.15) is 0 Å². The molecular formula is C21H26N2O2. The highest BCUT2D eigenvalue weighted by molar-refractivity contribution is 5.94. The van der Waals surface area contributed by atoms with Crippen molar-refractivity contribution in [3.63, 3.8) is 0 Å². The van der Waals surface area contributed by atoms with E-state index in [0.29, 0.717) is 12.0 Å². The van der Waals surface area contributed by atoms with Gasteiger partial charge in [-0.05, 0) is 68.1 Å². The Balaban J connectivity index is 1.61. The Morgan fingerprint density at radius 2 is 1.84 bits per heavy atom. The van der Waals surface area contributed by atoms with Crippen LogP contribution in [0.1, 0.15) is 46.5 Å². The fraction of sp³-hybridized carbons (Fsp3) is 0.381. The lowest BCUT2D eigenvalue weighted by Crippen LogP contribution is -2.33. The van der Waals surface area contributed by atoms with Crippen LogP contribution in [0.4, 0.5) is 0 Å². The minimum atomic E-state index is -0.574. The van der Waals surface area contributed by atoms with E-state index in [4.69, 9.17) is 0 Å². The molecule has 25 heavy (non-hydrogen) atoms. The third-order valence-corrected chi connectivity index (χ3v) is 4.75. The van der Waals surface area contributed by atoms with Crippen LogP contribution in [-0.2, 0) is 12.8 Å². The third kappa shape index (κ3) is 4.68. The molecule has 2 atom stereocenters. The Labute approximate surface area is 149 Å². The number of carbonyl (C=O) groups excluding carboxylic acids is 1. The Hall–Kier alpha value is -2.17. The molecule has 2 aromatic rings. The standard InChI is InChI=1S/C21H26N2O2/c1-15(13-20(24)17-5-3-2-4-6-17)23-21(25)19-8-7-16-9-11-22-12-10-18(16)14-19/h2-8,14-15,20,22,24H,9-13H2,1H3,(H,23,25)/t15-,20-/m1/s1. The van der Waals surface area contributed by atoms with Crippen molar-refractivity contribution in [2.24, 2.45) is 0 Å². The number of rotatable bonds is 5. The molecule has 1 amide bonds. The van der Waals surface area contributed by atoms with Gasteiger partial charge in [-0.25, -0.2) is 0 Å². The van der Waals surface area contributed by atoms with E-state index >= 15 is 0 Å². The van der Waals surface area contributed by atoms with Crippen LogP contribution in [0.2, 0.25) is 0 Å². The zero-order chi connectivity index (χ0) is 17.6. The Morgan fingerprint density at radius 3 is 2.60 bits per heavy atom. The van der Waals surface area contributed by atoms with Crippen LogP contribution in [0, 0.1) is 0 Å². The zero-order valence-electron chi connectivity index (χ0n) is 14.7. The molecule has 1 aliphatic rings. The van der Waals surface area contributed by atoms with Gasteiger partial charge >= 0.3 is 0 Å². The molecule has 3 rings (SSSR count). The van der Waals surface area contributed by atoms with Crippen molar-refractivity contribution < 1.29 is 9.90 Å². The monoisotopic (exact) mass is 338 g/mol. The number of aliphatic hydroxyl groups excluding tert-OH is 1. The molecular weight excluding hydrogens is 312 g/mol. The molecule has 3 N–H and O–H groups in total. The molecule has 4 heteroatoms. The van der Waals surface area contributed by atoms with Gasteiger partial charge in [0.15, 0.2) is 0 Å². The second-order valence-corrected chi connectivity index (χ2v) is 6.77. The van der Waals surface area contributed by atoms with Crippen LogP contribution < -0.4 is 10.6 Å². The molecule has 1 aliphatic heterocycles. The number of aliphatic hydroxyl groups is 1. The van der Waals surface area contributed by atoms with E-state index in [1.54, 1.807) is 0 Å². The molecule has 132 valence electrons. The Morgan fingerprint density at radius 1 is 1.12 bits per heavy atom. The topological polar surface area (TPSA) is 61.4 Å². The molecule has 4 nitrogen and oxygen atoms in total. The van der Waals surface area contributed by atoms with E-state index in [1.165, 1.54) is 11.1 Å². The average Bonchev–Trinajstić information content (AvgIpc) is 2.87. The minimum Gasteiger partial charge on any atom is -0.388 e. The van der Waals surface area contributed by atoms with E-state index in [-0.39, 0.29) is 11.9 Å². The highest BCUT2D eigenvalue weighted by atomic mass is 16.3. The van der Waals surface area contributed by atoms with E-state index < -0.39 is 6.10 Å². The van der Waals surface area contributed by atoms with Crippen molar-refractivity contribution in [3.8, 4) is 0 Å². The largest absolute Gasteiger partial charge is 0.388 e. The van der Waals surface area contributed by atoms with Crippen LogP contribution in [0.15, 0.2) is 48.5 Å². The molecule has 2 aromatic carbocycles. The van der Waals surface area contributed by atoms with Gasteiger partial charge in [-0.15, -0.1) is 0 Å². The highest BCUT2D eigenvalue weighted by Crippen LogP contribution is 2.19. The van der Waals surface area contributed by atoms with E-state index in [0.717, 1.165) is 31.5 Å². The van der Waals surface area contributed by atoms with Gasteiger partial charge < -0.3 is 15.7 Å². The van der Waals surface area contributed by atoms with Crippen LogP contribution in [-0.4, -0.2) is 30.1 Å². The first-order valence-electron chi connectivity index (χ1n) is 9.00. The van der Waals surface area contributed by atoms with Gasteiger partial charge in [0.2, 0.25) is 0 Å². The number of hydrogen-bond acceptors (Lipinski definition) is 3. The predicted octanol–water partition coefficient (Wildman–Crippen LogP) is 2.62. The molecule has 0 bridgehead atoms. The second kappa shape index (κ2) is 8.28. The summed E-state index contributed by atoms with van der Waals surface area (Å²) >= 11 is 0. The second-order valence-electron chi connectivity index (χ2n) is 6.77. The molecule has 0 aliphatic carbocycles. The molecule has 0 saturated carbocycles. The van der Waals surface area contributed by atoms with Gasteiger partial charge in [0.05, 0.1) is 6.10 Å². The highest BCUT2D eigenvalue weighted by Gasteiger charge is 2.16. The summed E-state index contributed by atoms with van der Waals surface area (Å²) in [6.45, 7) is 3.88. The Bertz CT molecular complexity index is 715. The number of benzene rings is 2. The van der Waals surface area contributed by atoms with Crippen LogP contribution in [0.3, 0.4) is 0 Å². The van der Waals surface area contributed by atoms with Gasteiger partial charge in [-0.3, -0.25) is 4.79 Å². The number of amides is 1. The predicted molar refractivity (Wildman–Crippen MR) is 99.7 cm³/mol. The van der Waals surface area contributed by atoms with Crippen LogP contribution in [0.5, 0.6) is 0 Å². The molecule has 0 aromatic heterocycles. The first kappa shape index (κ1) is 17.6. The summed E-state index contributed by atoms with van der Waals surface area (Å²) in [5, 5.41) is 16.7. The first-order chi connectivity index (χ1) is 12.1. The van der Waals surface area contributed by atoms with Gasteiger partial charge in [0, 0.05) is 11.6 Å². The fourth-order valence-corrected chi connectivity index (χ4v) is 3.33. The fourth-order valence-electron chi connectivity index (χ4n) is 3.33. The lowest BCUT2D eigenvalue weighted by molar-refractivity contribution is 0.0917. The van der Waals surface area contributed by atoms with Crippen molar-refractivity contribution in [2.45, 2.75) is 38.3 Å². The summed E-state index contributed by atoms with van der Waals surface area (Å²) in [4.78, 5) is 12.5. The summed E-state index contributed by atoms with van der Waals surface area (Å²) in [6, 6.07) is 15.4. The number of fused-ring (bicyclic) bond motifs is 1. The van der Waals surface area contributed by atoms with E-state index in [2.05, 4.69) is 16.7 Å². The maximum absolute atomic E-state index is 12.5. The molecule has 0 spiro atoms. The quantitative estimate of drug-likeness (QED) is 0.785.